The van der Waals surface area contributed by atoms with Gasteiger partial charge in [-0.2, -0.15) is 4.68 Å². The molecule has 0 spiro atoms. The van der Waals surface area contributed by atoms with Crippen LogP contribution in [-0.4, -0.2) is 39.9 Å². The first kappa shape index (κ1) is 20.4. The zero-order chi connectivity index (χ0) is 21.1. The summed E-state index contributed by atoms with van der Waals surface area (Å²) in [6.45, 7) is 3.21. The number of ether oxygens (including phenoxy) is 1. The van der Waals surface area contributed by atoms with E-state index in [1.54, 1.807) is 17.9 Å². The van der Waals surface area contributed by atoms with E-state index in [4.69, 9.17) is 4.74 Å². The fraction of sp³-hybridized carbons (Fsp3) is 0.381. The van der Waals surface area contributed by atoms with E-state index in [1.165, 1.54) is 12.1 Å². The number of aromatic nitrogens is 4. The van der Waals surface area contributed by atoms with Crippen molar-refractivity contribution in [2.45, 2.75) is 38.4 Å². The fourth-order valence-corrected chi connectivity index (χ4v) is 3.91. The van der Waals surface area contributed by atoms with E-state index in [2.05, 4.69) is 26.2 Å². The van der Waals surface area contributed by atoms with E-state index in [-0.39, 0.29) is 12.1 Å². The normalized spacial score (nSPS) is 19.1. The zero-order valence-corrected chi connectivity index (χ0v) is 16.9. The molecule has 2 N–H and O–H groups in total. The highest BCUT2D eigenvalue weighted by Crippen LogP contribution is 2.27. The van der Waals surface area contributed by atoms with Gasteiger partial charge in [0.25, 0.3) is 0 Å². The lowest BCUT2D eigenvalue weighted by Crippen LogP contribution is -2.45. The summed E-state index contributed by atoms with van der Waals surface area (Å²) in [7, 11) is 1.63. The van der Waals surface area contributed by atoms with Gasteiger partial charge in [-0.15, -0.1) is 5.10 Å². The zero-order valence-electron chi connectivity index (χ0n) is 16.9. The van der Waals surface area contributed by atoms with Gasteiger partial charge in [-0.25, -0.2) is 8.78 Å². The SMILES string of the molecule is COc1ccc(-n2nnnc2C)cc1CNC1CCCNC1c1ccc(F)c(F)c1. The number of rotatable bonds is 6. The Bertz CT molecular complexity index is 1020. The summed E-state index contributed by atoms with van der Waals surface area (Å²) in [5.74, 6) is -0.220. The van der Waals surface area contributed by atoms with E-state index < -0.39 is 11.6 Å². The van der Waals surface area contributed by atoms with E-state index >= 15 is 0 Å². The highest BCUT2D eigenvalue weighted by molar-refractivity contribution is 5.44. The maximum absolute atomic E-state index is 13.8. The van der Waals surface area contributed by atoms with Crippen LogP contribution in [0.5, 0.6) is 5.75 Å². The molecular formula is C21H24F2N6O. The molecule has 2 unspecified atom stereocenters. The number of benzene rings is 2. The molecule has 1 aliphatic heterocycles. The van der Waals surface area contributed by atoms with Crippen LogP contribution in [0.15, 0.2) is 36.4 Å². The molecule has 4 rings (SSSR count). The molecule has 30 heavy (non-hydrogen) atoms. The molecule has 0 saturated carbocycles. The Morgan fingerprint density at radius 1 is 1.20 bits per heavy atom. The molecule has 1 aromatic heterocycles. The average Bonchev–Trinajstić information content (AvgIpc) is 3.20. The van der Waals surface area contributed by atoms with E-state index in [0.717, 1.165) is 42.0 Å². The molecule has 9 heteroatoms. The number of methoxy groups -OCH3 is 1. The second-order valence-corrected chi connectivity index (χ2v) is 7.37. The highest BCUT2D eigenvalue weighted by Gasteiger charge is 2.27. The van der Waals surface area contributed by atoms with Crippen LogP contribution in [0, 0.1) is 18.6 Å². The van der Waals surface area contributed by atoms with Crippen LogP contribution in [0.1, 0.15) is 35.8 Å². The molecule has 2 heterocycles. The monoisotopic (exact) mass is 414 g/mol. The molecular weight excluding hydrogens is 390 g/mol. The van der Waals surface area contributed by atoms with Gasteiger partial charge >= 0.3 is 0 Å². The first-order chi connectivity index (χ1) is 14.6. The second kappa shape index (κ2) is 8.85. The summed E-state index contributed by atoms with van der Waals surface area (Å²) < 4.78 is 34.3. The average molecular weight is 414 g/mol. The highest BCUT2D eigenvalue weighted by atomic mass is 19.2. The van der Waals surface area contributed by atoms with E-state index in [1.807, 2.05) is 25.1 Å². The molecule has 1 aliphatic rings. The van der Waals surface area contributed by atoms with Crippen molar-refractivity contribution in [3.63, 3.8) is 0 Å². The van der Waals surface area contributed by atoms with Crippen molar-refractivity contribution in [1.82, 2.24) is 30.8 Å². The Labute approximate surface area is 173 Å². The number of halogens is 2. The van der Waals surface area contributed by atoms with Crippen molar-refractivity contribution in [2.75, 3.05) is 13.7 Å². The quantitative estimate of drug-likeness (QED) is 0.646. The molecule has 2 atom stereocenters. The lowest BCUT2D eigenvalue weighted by Gasteiger charge is -2.34. The minimum atomic E-state index is -0.835. The number of piperidine rings is 1. The van der Waals surface area contributed by atoms with Gasteiger partial charge in [0.1, 0.15) is 5.75 Å². The number of nitrogens with one attached hydrogen (secondary N) is 2. The summed E-state index contributed by atoms with van der Waals surface area (Å²) in [5.41, 5.74) is 2.53. The summed E-state index contributed by atoms with van der Waals surface area (Å²) in [6, 6.07) is 9.82. The van der Waals surface area contributed by atoms with Gasteiger partial charge in [0.05, 0.1) is 12.8 Å². The van der Waals surface area contributed by atoms with Crippen molar-refractivity contribution in [1.29, 1.82) is 0 Å². The number of hydrogen-bond donors (Lipinski definition) is 2. The van der Waals surface area contributed by atoms with Crippen LogP contribution in [0.3, 0.4) is 0 Å². The molecule has 1 saturated heterocycles. The predicted octanol–water partition coefficient (Wildman–Crippen LogP) is 2.84. The summed E-state index contributed by atoms with van der Waals surface area (Å²) in [4.78, 5) is 0. The molecule has 7 nitrogen and oxygen atoms in total. The Morgan fingerprint density at radius 3 is 2.80 bits per heavy atom. The largest absolute Gasteiger partial charge is 0.496 e. The maximum Gasteiger partial charge on any atom is 0.159 e. The van der Waals surface area contributed by atoms with Crippen molar-refractivity contribution in [2.24, 2.45) is 0 Å². The third-order valence-electron chi connectivity index (χ3n) is 5.45. The van der Waals surface area contributed by atoms with Crippen molar-refractivity contribution in [3.8, 4) is 11.4 Å². The molecule has 2 aromatic carbocycles. The fourth-order valence-electron chi connectivity index (χ4n) is 3.91. The number of hydrogen-bond acceptors (Lipinski definition) is 6. The summed E-state index contributed by atoms with van der Waals surface area (Å²) in [5, 5.41) is 18.6. The second-order valence-electron chi connectivity index (χ2n) is 7.37. The summed E-state index contributed by atoms with van der Waals surface area (Å²) in [6.07, 6.45) is 1.92. The van der Waals surface area contributed by atoms with Crippen molar-refractivity contribution < 1.29 is 13.5 Å². The first-order valence-electron chi connectivity index (χ1n) is 9.91. The smallest absolute Gasteiger partial charge is 0.159 e. The molecule has 3 aromatic rings. The van der Waals surface area contributed by atoms with Crippen LogP contribution in [0.2, 0.25) is 0 Å². The Balaban J connectivity index is 1.55. The van der Waals surface area contributed by atoms with Crippen molar-refractivity contribution in [3.05, 3.63) is 65.0 Å². The first-order valence-corrected chi connectivity index (χ1v) is 9.91. The van der Waals surface area contributed by atoms with Gasteiger partial charge in [0, 0.05) is 24.2 Å². The number of nitrogens with zero attached hydrogens (tertiary/aromatic N) is 4. The molecule has 1 fully saturated rings. The van der Waals surface area contributed by atoms with Crippen LogP contribution in [-0.2, 0) is 6.54 Å². The maximum atomic E-state index is 13.8. The summed E-state index contributed by atoms with van der Waals surface area (Å²) >= 11 is 0. The van der Waals surface area contributed by atoms with Gasteiger partial charge in [-0.1, -0.05) is 6.07 Å². The third-order valence-corrected chi connectivity index (χ3v) is 5.45. The van der Waals surface area contributed by atoms with Gasteiger partial charge < -0.3 is 15.4 Å². The van der Waals surface area contributed by atoms with Gasteiger partial charge in [0.2, 0.25) is 0 Å². The Hall–Kier alpha value is -2.91. The van der Waals surface area contributed by atoms with Crippen LogP contribution in [0.4, 0.5) is 8.78 Å². The van der Waals surface area contributed by atoms with Crippen LogP contribution < -0.4 is 15.4 Å². The lowest BCUT2D eigenvalue weighted by molar-refractivity contribution is 0.302. The van der Waals surface area contributed by atoms with Crippen LogP contribution in [0.25, 0.3) is 5.69 Å². The third kappa shape index (κ3) is 4.17. The molecule has 158 valence electrons. The molecule has 0 amide bonds. The Kier molecular flexibility index (Phi) is 6.01. The van der Waals surface area contributed by atoms with Crippen molar-refractivity contribution >= 4 is 0 Å². The van der Waals surface area contributed by atoms with E-state index in [9.17, 15) is 8.78 Å². The molecule has 0 radical (unpaired) electrons. The minimum Gasteiger partial charge on any atom is -0.496 e. The number of tetrazole rings is 1. The van der Waals surface area contributed by atoms with Gasteiger partial charge in [-0.05, 0) is 72.6 Å². The van der Waals surface area contributed by atoms with Crippen LogP contribution >= 0.6 is 0 Å². The molecule has 0 bridgehead atoms. The van der Waals surface area contributed by atoms with Gasteiger partial charge in [-0.3, -0.25) is 0 Å². The lowest BCUT2D eigenvalue weighted by atomic mass is 9.92. The predicted molar refractivity (Wildman–Crippen MR) is 107 cm³/mol. The topological polar surface area (TPSA) is 76.9 Å². The minimum absolute atomic E-state index is 0.0618. The molecule has 0 aliphatic carbocycles. The standard InChI is InChI=1S/C21H24F2N6O/c1-13-26-27-28-29(13)16-6-8-20(30-2)15(10-16)12-25-19-4-3-9-24-21(19)14-5-7-17(22)18(23)11-14/h5-8,10-11,19,21,24-25H,3-4,9,12H2,1-2H3. The number of aryl methyl sites for hydroxylation is 1. The van der Waals surface area contributed by atoms with E-state index in [0.29, 0.717) is 12.4 Å². The Morgan fingerprint density at radius 2 is 2.07 bits per heavy atom. The van der Waals surface area contributed by atoms with Gasteiger partial charge in [0.15, 0.2) is 17.5 Å².